The highest BCUT2D eigenvalue weighted by Crippen LogP contribution is 2.41. The van der Waals surface area contributed by atoms with Gasteiger partial charge in [-0.05, 0) is 48.6 Å². The lowest BCUT2D eigenvalue weighted by Crippen LogP contribution is -2.31. The molecule has 1 aliphatic carbocycles. The summed E-state index contributed by atoms with van der Waals surface area (Å²) in [6, 6.07) is 12.3. The van der Waals surface area contributed by atoms with Gasteiger partial charge in [-0.15, -0.1) is 0 Å². The number of nitrogens with zero attached hydrogens (tertiary/aromatic N) is 2. The zero-order chi connectivity index (χ0) is 17.0. The van der Waals surface area contributed by atoms with Gasteiger partial charge >= 0.3 is 0 Å². The number of ether oxygens (including phenoxy) is 1. The van der Waals surface area contributed by atoms with Crippen molar-refractivity contribution in [1.29, 1.82) is 0 Å². The predicted octanol–water partition coefficient (Wildman–Crippen LogP) is 3.17. The standard InChI is InChI=1S/C20H19N3O2/c1-25-19-7-6-15(18-11-17(12-2-3-12)22-23(18)19)13-4-5-16-14(10-13)8-9-21-20(16)24/h4-7,10-12H,2-3,8-9H2,1H3,(H,21,24). The first-order valence-corrected chi connectivity index (χ1v) is 8.73. The van der Waals surface area contributed by atoms with E-state index >= 15 is 0 Å². The van der Waals surface area contributed by atoms with Crippen molar-refractivity contribution < 1.29 is 9.53 Å². The maximum atomic E-state index is 12.0. The molecule has 2 aliphatic rings. The second-order valence-corrected chi connectivity index (χ2v) is 6.81. The van der Waals surface area contributed by atoms with Gasteiger partial charge in [0.2, 0.25) is 5.88 Å². The van der Waals surface area contributed by atoms with Crippen LogP contribution in [0.1, 0.15) is 40.4 Å². The highest BCUT2D eigenvalue weighted by atomic mass is 16.5. The molecule has 0 radical (unpaired) electrons. The summed E-state index contributed by atoms with van der Waals surface area (Å²) in [4.78, 5) is 12.0. The number of amides is 1. The Morgan fingerprint density at radius 2 is 2.00 bits per heavy atom. The van der Waals surface area contributed by atoms with Crippen molar-refractivity contribution in [3.63, 3.8) is 0 Å². The molecule has 1 aromatic carbocycles. The van der Waals surface area contributed by atoms with Crippen molar-refractivity contribution in [2.45, 2.75) is 25.2 Å². The summed E-state index contributed by atoms with van der Waals surface area (Å²) in [5.74, 6) is 1.35. The molecule has 0 unspecified atom stereocenters. The zero-order valence-electron chi connectivity index (χ0n) is 14.1. The van der Waals surface area contributed by atoms with Crippen LogP contribution in [0.4, 0.5) is 0 Å². The normalized spacial score (nSPS) is 16.6. The van der Waals surface area contributed by atoms with Crippen LogP contribution in [0.3, 0.4) is 0 Å². The molecule has 3 aromatic rings. The number of fused-ring (bicyclic) bond motifs is 2. The van der Waals surface area contributed by atoms with E-state index in [1.807, 2.05) is 22.7 Å². The number of hydrogen-bond donors (Lipinski definition) is 1. The molecule has 1 N–H and O–H groups in total. The number of aromatic nitrogens is 2. The van der Waals surface area contributed by atoms with Crippen molar-refractivity contribution in [3.8, 4) is 17.0 Å². The minimum absolute atomic E-state index is 0.0213. The molecule has 0 saturated heterocycles. The first kappa shape index (κ1) is 14.5. The lowest BCUT2D eigenvalue weighted by Gasteiger charge is -2.17. The summed E-state index contributed by atoms with van der Waals surface area (Å²) in [7, 11) is 1.67. The van der Waals surface area contributed by atoms with Crippen LogP contribution in [-0.2, 0) is 6.42 Å². The van der Waals surface area contributed by atoms with Gasteiger partial charge in [0.1, 0.15) is 0 Å². The van der Waals surface area contributed by atoms with E-state index in [0.717, 1.165) is 45.8 Å². The number of rotatable bonds is 3. The summed E-state index contributed by atoms with van der Waals surface area (Å²) < 4.78 is 7.38. The second-order valence-electron chi connectivity index (χ2n) is 6.81. The highest BCUT2D eigenvalue weighted by molar-refractivity contribution is 5.97. The van der Waals surface area contributed by atoms with Crippen LogP contribution in [0.15, 0.2) is 36.4 Å². The average Bonchev–Trinajstić information content (AvgIpc) is 3.39. The molecule has 126 valence electrons. The fourth-order valence-electron chi connectivity index (χ4n) is 3.64. The predicted molar refractivity (Wildman–Crippen MR) is 95.2 cm³/mol. The topological polar surface area (TPSA) is 55.6 Å². The number of carbonyl (C=O) groups excluding carboxylic acids is 1. The van der Waals surface area contributed by atoms with Crippen molar-refractivity contribution in [2.75, 3.05) is 13.7 Å². The summed E-state index contributed by atoms with van der Waals surface area (Å²) in [6.45, 7) is 0.700. The van der Waals surface area contributed by atoms with Crippen molar-refractivity contribution >= 4 is 11.4 Å². The molecule has 3 heterocycles. The number of carbonyl (C=O) groups is 1. The molecular weight excluding hydrogens is 314 g/mol. The smallest absolute Gasteiger partial charge is 0.251 e. The van der Waals surface area contributed by atoms with E-state index in [-0.39, 0.29) is 5.91 Å². The van der Waals surface area contributed by atoms with Gasteiger partial charge in [-0.25, -0.2) is 4.52 Å². The number of hydrogen-bond acceptors (Lipinski definition) is 3. The lowest BCUT2D eigenvalue weighted by atomic mass is 9.95. The van der Waals surface area contributed by atoms with Gasteiger partial charge in [0.25, 0.3) is 5.91 Å². The molecule has 0 spiro atoms. The third-order valence-electron chi connectivity index (χ3n) is 5.15. The van der Waals surface area contributed by atoms with Gasteiger partial charge in [0, 0.05) is 29.7 Å². The Morgan fingerprint density at radius 3 is 2.80 bits per heavy atom. The summed E-state index contributed by atoms with van der Waals surface area (Å²) in [6.07, 6.45) is 3.30. The minimum Gasteiger partial charge on any atom is -0.481 e. The molecule has 5 heteroatoms. The van der Waals surface area contributed by atoms with Crippen LogP contribution < -0.4 is 10.1 Å². The number of nitrogens with one attached hydrogen (secondary N) is 1. The molecular formula is C20H19N3O2. The fraction of sp³-hybridized carbons (Fsp3) is 0.300. The quantitative estimate of drug-likeness (QED) is 0.801. The minimum atomic E-state index is 0.0213. The fourth-order valence-corrected chi connectivity index (χ4v) is 3.64. The van der Waals surface area contributed by atoms with Crippen LogP contribution in [-0.4, -0.2) is 29.2 Å². The second kappa shape index (κ2) is 5.34. The van der Waals surface area contributed by atoms with Gasteiger partial charge in [0.05, 0.1) is 18.3 Å². The highest BCUT2D eigenvalue weighted by Gasteiger charge is 2.27. The Balaban J connectivity index is 1.69. The zero-order valence-corrected chi connectivity index (χ0v) is 14.1. The van der Waals surface area contributed by atoms with Crippen LogP contribution >= 0.6 is 0 Å². The van der Waals surface area contributed by atoms with Crippen LogP contribution in [0.5, 0.6) is 5.88 Å². The molecule has 1 amide bonds. The van der Waals surface area contributed by atoms with Gasteiger partial charge in [-0.2, -0.15) is 5.10 Å². The molecule has 0 bridgehead atoms. The molecule has 1 fully saturated rings. The van der Waals surface area contributed by atoms with Gasteiger partial charge in [-0.1, -0.05) is 12.1 Å². The Bertz CT molecular complexity index is 1000. The summed E-state index contributed by atoms with van der Waals surface area (Å²) >= 11 is 0. The Hall–Kier alpha value is -2.82. The molecule has 5 nitrogen and oxygen atoms in total. The number of methoxy groups -OCH3 is 1. The third kappa shape index (κ3) is 2.30. The molecule has 1 saturated carbocycles. The van der Waals surface area contributed by atoms with Gasteiger partial charge in [-0.3, -0.25) is 4.79 Å². The Kier molecular flexibility index (Phi) is 3.10. The van der Waals surface area contributed by atoms with Crippen molar-refractivity contribution in [3.05, 3.63) is 53.2 Å². The van der Waals surface area contributed by atoms with E-state index in [4.69, 9.17) is 9.84 Å². The first-order valence-electron chi connectivity index (χ1n) is 8.73. The van der Waals surface area contributed by atoms with E-state index in [9.17, 15) is 4.79 Å². The van der Waals surface area contributed by atoms with Crippen LogP contribution in [0, 0.1) is 0 Å². The van der Waals surface area contributed by atoms with Gasteiger partial charge < -0.3 is 10.1 Å². The molecule has 1 aliphatic heterocycles. The molecule has 2 aromatic heterocycles. The van der Waals surface area contributed by atoms with E-state index in [0.29, 0.717) is 12.5 Å². The number of pyridine rings is 1. The Labute approximate surface area is 145 Å². The average molecular weight is 333 g/mol. The monoisotopic (exact) mass is 333 g/mol. The largest absolute Gasteiger partial charge is 0.481 e. The van der Waals surface area contributed by atoms with Crippen molar-refractivity contribution in [1.82, 2.24) is 14.9 Å². The third-order valence-corrected chi connectivity index (χ3v) is 5.15. The lowest BCUT2D eigenvalue weighted by molar-refractivity contribution is 0.0946. The number of benzene rings is 1. The van der Waals surface area contributed by atoms with E-state index < -0.39 is 0 Å². The Morgan fingerprint density at radius 1 is 1.16 bits per heavy atom. The van der Waals surface area contributed by atoms with Crippen LogP contribution in [0.2, 0.25) is 0 Å². The van der Waals surface area contributed by atoms with E-state index in [2.05, 4.69) is 23.5 Å². The van der Waals surface area contributed by atoms with Gasteiger partial charge in [0.15, 0.2) is 0 Å². The van der Waals surface area contributed by atoms with Crippen molar-refractivity contribution in [2.24, 2.45) is 0 Å². The summed E-state index contributed by atoms with van der Waals surface area (Å²) in [5.41, 5.74) is 6.32. The van der Waals surface area contributed by atoms with Crippen LogP contribution in [0.25, 0.3) is 16.6 Å². The summed E-state index contributed by atoms with van der Waals surface area (Å²) in [5, 5.41) is 7.65. The first-order chi connectivity index (χ1) is 12.2. The van der Waals surface area contributed by atoms with E-state index in [1.165, 1.54) is 12.8 Å². The van der Waals surface area contributed by atoms with E-state index in [1.54, 1.807) is 7.11 Å². The molecule has 0 atom stereocenters. The SMILES string of the molecule is COc1ccc(-c2ccc3c(c2)CCNC3=O)c2cc(C3CC3)nn12. The molecule has 5 rings (SSSR count). The molecule has 25 heavy (non-hydrogen) atoms. The maximum absolute atomic E-state index is 12.0. The maximum Gasteiger partial charge on any atom is 0.251 e.